The molecule has 0 fully saturated rings. The largest absolute Gasteiger partial charge is 0.394 e. The summed E-state index contributed by atoms with van der Waals surface area (Å²) in [7, 11) is 0. The highest BCUT2D eigenvalue weighted by Gasteiger charge is 2.16. The fourth-order valence-electron chi connectivity index (χ4n) is 0.933. The van der Waals surface area contributed by atoms with Crippen LogP contribution in [0.4, 0.5) is 0 Å². The molecule has 0 spiro atoms. The lowest BCUT2D eigenvalue weighted by molar-refractivity contribution is -0.133. The van der Waals surface area contributed by atoms with Crippen LogP contribution in [0.1, 0.15) is 26.2 Å². The number of hydrazine groups is 1. The van der Waals surface area contributed by atoms with Crippen LogP contribution in [-0.4, -0.2) is 35.2 Å². The van der Waals surface area contributed by atoms with E-state index >= 15 is 0 Å². The van der Waals surface area contributed by atoms with Gasteiger partial charge in [0, 0.05) is 6.54 Å². The van der Waals surface area contributed by atoms with Crippen LogP contribution in [0, 0.1) is 0 Å². The predicted octanol–water partition coefficient (Wildman–Crippen LogP) is -0.801. The number of nitrogens with zero attached hydrogens (tertiary/aromatic N) is 1. The lowest BCUT2D eigenvalue weighted by atomic mass is 10.2. The number of carbonyl (C=O) groups excluding carboxylic acids is 1. The maximum absolute atomic E-state index is 11.2. The average molecular weight is 189 g/mol. The molecule has 1 amide bonds. The Kier molecular flexibility index (Phi) is 6.48. The van der Waals surface area contributed by atoms with E-state index in [1.807, 2.05) is 0 Å². The Balaban J connectivity index is 3.69. The summed E-state index contributed by atoms with van der Waals surface area (Å²) in [5, 5.41) is 9.68. The van der Waals surface area contributed by atoms with E-state index in [4.69, 9.17) is 16.7 Å². The number of hydrogen-bond acceptors (Lipinski definition) is 4. The van der Waals surface area contributed by atoms with Crippen LogP contribution in [0.5, 0.6) is 0 Å². The van der Waals surface area contributed by atoms with Gasteiger partial charge in [0.15, 0.2) is 0 Å². The Morgan fingerprint density at radius 1 is 1.54 bits per heavy atom. The van der Waals surface area contributed by atoms with E-state index in [-0.39, 0.29) is 6.61 Å². The second-order valence-electron chi connectivity index (χ2n) is 3.03. The molecule has 5 N–H and O–H groups in total. The fraction of sp³-hybridized carbons (Fsp3) is 0.875. The molecule has 5 heteroatoms. The molecule has 13 heavy (non-hydrogen) atoms. The normalized spacial score (nSPS) is 12.6. The van der Waals surface area contributed by atoms with Crippen LogP contribution in [0.3, 0.4) is 0 Å². The first-order chi connectivity index (χ1) is 6.13. The number of hydrogen-bond donors (Lipinski definition) is 3. The van der Waals surface area contributed by atoms with Crippen molar-refractivity contribution < 1.29 is 9.90 Å². The smallest absolute Gasteiger partial charge is 0.255 e. The van der Waals surface area contributed by atoms with Crippen molar-refractivity contribution >= 4 is 5.91 Å². The summed E-state index contributed by atoms with van der Waals surface area (Å²) >= 11 is 0. The topological polar surface area (TPSA) is 92.6 Å². The molecule has 0 aromatic carbocycles. The molecule has 0 unspecified atom stereocenters. The van der Waals surface area contributed by atoms with Gasteiger partial charge >= 0.3 is 0 Å². The quantitative estimate of drug-likeness (QED) is 0.221. The van der Waals surface area contributed by atoms with Crippen molar-refractivity contribution in [1.82, 2.24) is 5.01 Å². The second-order valence-corrected chi connectivity index (χ2v) is 3.03. The van der Waals surface area contributed by atoms with Gasteiger partial charge in [-0.3, -0.25) is 9.80 Å². The van der Waals surface area contributed by atoms with Gasteiger partial charge in [-0.25, -0.2) is 5.84 Å². The summed E-state index contributed by atoms with van der Waals surface area (Å²) < 4.78 is 0. The number of rotatable bonds is 6. The minimum absolute atomic E-state index is 0.361. The van der Waals surface area contributed by atoms with Gasteiger partial charge in [0.2, 0.25) is 0 Å². The van der Waals surface area contributed by atoms with Crippen LogP contribution >= 0.6 is 0 Å². The van der Waals surface area contributed by atoms with E-state index in [0.29, 0.717) is 6.54 Å². The van der Waals surface area contributed by atoms with Crippen molar-refractivity contribution in [3.8, 4) is 0 Å². The Morgan fingerprint density at radius 3 is 2.62 bits per heavy atom. The Bertz CT molecular complexity index is 152. The number of unbranched alkanes of at least 4 members (excludes halogenated alkanes) is 2. The van der Waals surface area contributed by atoms with E-state index < -0.39 is 11.9 Å². The lowest BCUT2D eigenvalue weighted by Crippen LogP contribution is -2.49. The van der Waals surface area contributed by atoms with Crippen LogP contribution in [0.25, 0.3) is 0 Å². The molecule has 0 saturated heterocycles. The van der Waals surface area contributed by atoms with Crippen LogP contribution < -0.4 is 11.6 Å². The van der Waals surface area contributed by atoms with Gasteiger partial charge < -0.3 is 10.8 Å². The number of nitrogens with two attached hydrogens (primary N) is 2. The van der Waals surface area contributed by atoms with E-state index in [2.05, 4.69) is 6.92 Å². The van der Waals surface area contributed by atoms with E-state index in [1.165, 1.54) is 0 Å². The average Bonchev–Trinajstić information content (AvgIpc) is 2.15. The van der Waals surface area contributed by atoms with E-state index in [9.17, 15) is 4.79 Å². The van der Waals surface area contributed by atoms with Crippen molar-refractivity contribution in [2.24, 2.45) is 11.6 Å². The van der Waals surface area contributed by atoms with E-state index in [1.54, 1.807) is 0 Å². The van der Waals surface area contributed by atoms with Gasteiger partial charge in [-0.15, -0.1) is 0 Å². The highest BCUT2D eigenvalue weighted by Crippen LogP contribution is 1.96. The lowest BCUT2D eigenvalue weighted by Gasteiger charge is -2.19. The highest BCUT2D eigenvalue weighted by molar-refractivity contribution is 5.81. The zero-order chi connectivity index (χ0) is 10.3. The summed E-state index contributed by atoms with van der Waals surface area (Å²) in [6.45, 7) is 2.21. The molecule has 1 atom stereocenters. The summed E-state index contributed by atoms with van der Waals surface area (Å²) in [4.78, 5) is 11.2. The van der Waals surface area contributed by atoms with Crippen molar-refractivity contribution in [3.63, 3.8) is 0 Å². The molecule has 0 aromatic rings. The molecule has 0 heterocycles. The third-order valence-corrected chi connectivity index (χ3v) is 1.80. The van der Waals surface area contributed by atoms with Gasteiger partial charge in [0.1, 0.15) is 6.04 Å². The summed E-state index contributed by atoms with van der Waals surface area (Å²) in [6, 6.07) is -0.883. The molecular formula is C8H19N3O2. The number of aliphatic hydroxyl groups excluding tert-OH is 1. The minimum atomic E-state index is -0.883. The molecule has 78 valence electrons. The second kappa shape index (κ2) is 6.82. The number of aliphatic hydroxyl groups is 1. The van der Waals surface area contributed by atoms with Gasteiger partial charge in [-0.1, -0.05) is 19.8 Å². The predicted molar refractivity (Wildman–Crippen MR) is 50.5 cm³/mol. The zero-order valence-electron chi connectivity index (χ0n) is 8.07. The van der Waals surface area contributed by atoms with Crippen LogP contribution in [0.15, 0.2) is 0 Å². The molecule has 0 aliphatic carbocycles. The van der Waals surface area contributed by atoms with Crippen LogP contribution in [-0.2, 0) is 4.79 Å². The number of amides is 1. The first-order valence-corrected chi connectivity index (χ1v) is 4.56. The molecule has 0 radical (unpaired) electrons. The molecule has 5 nitrogen and oxygen atoms in total. The maximum atomic E-state index is 11.2. The maximum Gasteiger partial charge on any atom is 0.255 e. The molecular weight excluding hydrogens is 170 g/mol. The SMILES string of the molecule is CCCCCN(N)C(=O)[C@H](N)CO. The first kappa shape index (κ1) is 12.3. The fourth-order valence-corrected chi connectivity index (χ4v) is 0.933. The molecule has 0 aromatic heterocycles. The molecule has 0 aliphatic heterocycles. The number of carbonyl (C=O) groups is 1. The standard InChI is InChI=1S/C8H19N3O2/c1-2-3-4-5-11(10)8(13)7(9)6-12/h7,12H,2-6,9-10H2,1H3/t7-/m1/s1. The van der Waals surface area contributed by atoms with Gasteiger partial charge in [-0.2, -0.15) is 0 Å². The van der Waals surface area contributed by atoms with E-state index in [0.717, 1.165) is 24.3 Å². The summed E-state index contributed by atoms with van der Waals surface area (Å²) in [5.74, 6) is 5.02. The Labute approximate surface area is 78.7 Å². The molecule has 0 rings (SSSR count). The van der Waals surface area contributed by atoms with Crippen LogP contribution in [0.2, 0.25) is 0 Å². The van der Waals surface area contributed by atoms with Gasteiger partial charge in [0.05, 0.1) is 6.61 Å². The first-order valence-electron chi connectivity index (χ1n) is 4.56. The van der Waals surface area contributed by atoms with Gasteiger partial charge in [-0.05, 0) is 6.42 Å². The summed E-state index contributed by atoms with van der Waals surface area (Å²) in [5.41, 5.74) is 5.30. The summed E-state index contributed by atoms with van der Waals surface area (Å²) in [6.07, 6.45) is 2.99. The molecule has 0 bridgehead atoms. The van der Waals surface area contributed by atoms with Gasteiger partial charge in [0.25, 0.3) is 5.91 Å². The van der Waals surface area contributed by atoms with Crippen molar-refractivity contribution in [3.05, 3.63) is 0 Å². The third kappa shape index (κ3) is 4.82. The molecule has 0 saturated carbocycles. The van der Waals surface area contributed by atoms with Crippen molar-refractivity contribution in [1.29, 1.82) is 0 Å². The van der Waals surface area contributed by atoms with Crippen molar-refractivity contribution in [2.45, 2.75) is 32.2 Å². The Morgan fingerprint density at radius 2 is 2.15 bits per heavy atom. The highest BCUT2D eigenvalue weighted by atomic mass is 16.3. The third-order valence-electron chi connectivity index (χ3n) is 1.80. The minimum Gasteiger partial charge on any atom is -0.394 e. The monoisotopic (exact) mass is 189 g/mol. The zero-order valence-corrected chi connectivity index (χ0v) is 8.07. The Hall–Kier alpha value is -0.650. The molecule has 0 aliphatic rings. The van der Waals surface area contributed by atoms with Crippen molar-refractivity contribution in [2.75, 3.05) is 13.2 Å².